The average Bonchev–Trinajstić information content (AvgIpc) is 2.62. The molecule has 0 atom stereocenters. The molecule has 3 rings (SSSR count). The van der Waals surface area contributed by atoms with E-state index in [-0.39, 0.29) is 0 Å². The van der Waals surface area contributed by atoms with Gasteiger partial charge in [0, 0.05) is 12.7 Å². The molecule has 0 bridgehead atoms. The van der Waals surface area contributed by atoms with Crippen molar-refractivity contribution in [3.05, 3.63) is 22.6 Å². The van der Waals surface area contributed by atoms with E-state index in [0.717, 1.165) is 22.5 Å². The Morgan fingerprint density at radius 1 is 1.50 bits per heavy atom. The van der Waals surface area contributed by atoms with Gasteiger partial charge in [0.2, 0.25) is 0 Å². The van der Waals surface area contributed by atoms with Crippen LogP contribution >= 0.6 is 12.2 Å². The van der Waals surface area contributed by atoms with Crippen molar-refractivity contribution in [1.29, 1.82) is 0 Å². The highest BCUT2D eigenvalue weighted by Gasteiger charge is 2.36. The number of imidazole rings is 1. The van der Waals surface area contributed by atoms with Crippen molar-refractivity contribution in [3.8, 4) is 0 Å². The molecule has 2 heterocycles. The van der Waals surface area contributed by atoms with Gasteiger partial charge >= 0.3 is 0 Å². The van der Waals surface area contributed by atoms with Gasteiger partial charge in [0.15, 0.2) is 10.4 Å². The Bertz CT molecular complexity index is 629. The molecule has 1 saturated carbocycles. The Labute approximate surface area is 112 Å². The summed E-state index contributed by atoms with van der Waals surface area (Å²) in [6.45, 7) is 5.40. The quantitative estimate of drug-likeness (QED) is 0.848. The molecular formula is C14H19N3S. The van der Waals surface area contributed by atoms with E-state index in [1.165, 1.54) is 31.2 Å². The number of hydrogen-bond donors (Lipinski definition) is 1. The standard InChI is InChI=1S/C14H19N3S/c1-3-14(6-4-7-14)9-17-12-11(16-13(17)18)10(2)5-8-15-12/h5,8H,3-4,6-7,9H2,1-2H3,(H,16,18). The van der Waals surface area contributed by atoms with Crippen molar-refractivity contribution < 1.29 is 0 Å². The molecule has 2 aromatic rings. The van der Waals surface area contributed by atoms with Crippen molar-refractivity contribution in [2.45, 2.75) is 46.1 Å². The molecule has 0 amide bonds. The van der Waals surface area contributed by atoms with E-state index >= 15 is 0 Å². The minimum absolute atomic E-state index is 0.457. The zero-order valence-electron chi connectivity index (χ0n) is 11.0. The lowest BCUT2D eigenvalue weighted by atomic mass is 9.67. The van der Waals surface area contributed by atoms with Crippen LogP contribution in [0.1, 0.15) is 38.2 Å². The highest BCUT2D eigenvalue weighted by atomic mass is 32.1. The SMILES string of the molecule is CCC1(Cn2c(=S)[nH]c3c(C)ccnc32)CCC1. The number of pyridine rings is 1. The number of nitrogens with zero attached hydrogens (tertiary/aromatic N) is 2. The zero-order valence-corrected chi connectivity index (χ0v) is 11.8. The van der Waals surface area contributed by atoms with Crippen molar-refractivity contribution in [2.75, 3.05) is 0 Å². The number of hydrogen-bond acceptors (Lipinski definition) is 2. The lowest BCUT2D eigenvalue weighted by molar-refractivity contribution is 0.101. The number of rotatable bonds is 3. The normalized spacial score (nSPS) is 17.9. The number of aromatic nitrogens is 3. The Morgan fingerprint density at radius 2 is 2.28 bits per heavy atom. The van der Waals surface area contributed by atoms with Gasteiger partial charge in [0.1, 0.15) is 0 Å². The summed E-state index contributed by atoms with van der Waals surface area (Å²) in [5.41, 5.74) is 3.77. The number of H-pyrrole nitrogens is 1. The third kappa shape index (κ3) is 1.70. The average molecular weight is 261 g/mol. The summed E-state index contributed by atoms with van der Waals surface area (Å²) in [7, 11) is 0. The number of nitrogens with one attached hydrogen (secondary N) is 1. The minimum atomic E-state index is 0.457. The Balaban J connectivity index is 2.09. The molecule has 0 aliphatic heterocycles. The molecule has 96 valence electrons. The number of aryl methyl sites for hydroxylation is 1. The van der Waals surface area contributed by atoms with Crippen molar-refractivity contribution in [3.63, 3.8) is 0 Å². The van der Waals surface area contributed by atoms with E-state index in [4.69, 9.17) is 12.2 Å². The van der Waals surface area contributed by atoms with E-state index in [1.807, 2.05) is 12.3 Å². The summed E-state index contributed by atoms with van der Waals surface area (Å²) in [5, 5.41) is 0. The van der Waals surface area contributed by atoms with Crippen molar-refractivity contribution in [2.24, 2.45) is 5.41 Å². The number of aromatic amines is 1. The third-order valence-corrected chi connectivity index (χ3v) is 4.85. The predicted octanol–water partition coefficient (Wildman–Crippen LogP) is 3.98. The van der Waals surface area contributed by atoms with Crippen LogP contribution in [0.3, 0.4) is 0 Å². The van der Waals surface area contributed by atoms with Crippen LogP contribution in [-0.4, -0.2) is 14.5 Å². The molecule has 1 fully saturated rings. The Morgan fingerprint density at radius 3 is 2.89 bits per heavy atom. The lowest BCUT2D eigenvalue weighted by Crippen LogP contribution is -2.33. The van der Waals surface area contributed by atoms with Gasteiger partial charge in [-0.3, -0.25) is 0 Å². The number of fused-ring (bicyclic) bond motifs is 1. The molecule has 0 aromatic carbocycles. The first kappa shape index (κ1) is 11.9. The van der Waals surface area contributed by atoms with Crippen LogP contribution in [0.2, 0.25) is 0 Å². The smallest absolute Gasteiger partial charge is 0.179 e. The second-order valence-electron chi connectivity index (χ2n) is 5.55. The highest BCUT2D eigenvalue weighted by molar-refractivity contribution is 7.71. The molecule has 1 N–H and O–H groups in total. The summed E-state index contributed by atoms with van der Waals surface area (Å²) in [6.07, 6.45) is 7.10. The lowest BCUT2D eigenvalue weighted by Gasteiger charge is -2.41. The first-order chi connectivity index (χ1) is 8.65. The van der Waals surface area contributed by atoms with Crippen LogP contribution in [0.5, 0.6) is 0 Å². The van der Waals surface area contributed by atoms with Gasteiger partial charge < -0.3 is 9.55 Å². The molecule has 0 spiro atoms. The predicted molar refractivity (Wildman–Crippen MR) is 76.2 cm³/mol. The topological polar surface area (TPSA) is 33.6 Å². The van der Waals surface area contributed by atoms with Gasteiger partial charge in [-0.2, -0.15) is 0 Å². The van der Waals surface area contributed by atoms with E-state index in [1.54, 1.807) is 0 Å². The molecule has 0 saturated heterocycles. The fourth-order valence-electron chi connectivity index (χ4n) is 2.96. The molecule has 0 unspecified atom stereocenters. The molecule has 4 heteroatoms. The van der Waals surface area contributed by atoms with E-state index in [2.05, 4.69) is 28.4 Å². The molecule has 1 aliphatic carbocycles. The summed E-state index contributed by atoms with van der Waals surface area (Å²) in [6, 6.07) is 2.02. The van der Waals surface area contributed by atoms with Crippen LogP contribution in [0, 0.1) is 17.1 Å². The van der Waals surface area contributed by atoms with Crippen LogP contribution in [-0.2, 0) is 6.54 Å². The van der Waals surface area contributed by atoms with E-state index in [0.29, 0.717) is 5.41 Å². The molecule has 18 heavy (non-hydrogen) atoms. The summed E-state index contributed by atoms with van der Waals surface area (Å²) < 4.78 is 3.01. The van der Waals surface area contributed by atoms with Crippen molar-refractivity contribution >= 4 is 23.4 Å². The maximum atomic E-state index is 5.47. The molecule has 1 aliphatic rings. The van der Waals surface area contributed by atoms with Crippen molar-refractivity contribution in [1.82, 2.24) is 14.5 Å². The Hall–Kier alpha value is -1.16. The van der Waals surface area contributed by atoms with Crippen LogP contribution in [0.25, 0.3) is 11.2 Å². The first-order valence-electron chi connectivity index (χ1n) is 6.69. The fraction of sp³-hybridized carbons (Fsp3) is 0.571. The van der Waals surface area contributed by atoms with Crippen LogP contribution in [0.4, 0.5) is 0 Å². The van der Waals surface area contributed by atoms with Crippen LogP contribution in [0.15, 0.2) is 12.3 Å². The minimum Gasteiger partial charge on any atom is -0.329 e. The largest absolute Gasteiger partial charge is 0.329 e. The maximum Gasteiger partial charge on any atom is 0.179 e. The summed E-state index contributed by atoms with van der Waals surface area (Å²) in [5.74, 6) is 0. The molecule has 0 radical (unpaired) electrons. The summed E-state index contributed by atoms with van der Waals surface area (Å²) >= 11 is 5.47. The zero-order chi connectivity index (χ0) is 12.8. The van der Waals surface area contributed by atoms with Gasteiger partial charge in [-0.15, -0.1) is 0 Å². The van der Waals surface area contributed by atoms with Crippen LogP contribution < -0.4 is 0 Å². The second kappa shape index (κ2) is 4.19. The second-order valence-corrected chi connectivity index (χ2v) is 5.94. The fourth-order valence-corrected chi connectivity index (χ4v) is 3.21. The van der Waals surface area contributed by atoms with Gasteiger partial charge in [-0.25, -0.2) is 4.98 Å². The van der Waals surface area contributed by atoms with Gasteiger partial charge in [0.05, 0.1) is 5.52 Å². The molecule has 2 aromatic heterocycles. The highest BCUT2D eigenvalue weighted by Crippen LogP contribution is 2.45. The van der Waals surface area contributed by atoms with Gasteiger partial charge in [-0.1, -0.05) is 13.3 Å². The first-order valence-corrected chi connectivity index (χ1v) is 7.10. The van der Waals surface area contributed by atoms with Gasteiger partial charge in [-0.05, 0) is 55.4 Å². The van der Waals surface area contributed by atoms with E-state index in [9.17, 15) is 0 Å². The Kier molecular flexibility index (Phi) is 2.77. The maximum absolute atomic E-state index is 5.47. The molecule has 3 nitrogen and oxygen atoms in total. The van der Waals surface area contributed by atoms with E-state index < -0.39 is 0 Å². The summed E-state index contributed by atoms with van der Waals surface area (Å²) in [4.78, 5) is 7.81. The monoisotopic (exact) mass is 261 g/mol. The van der Waals surface area contributed by atoms with Gasteiger partial charge in [0.25, 0.3) is 0 Å². The third-order valence-electron chi connectivity index (χ3n) is 4.53. The molecular weight excluding hydrogens is 242 g/mol.